The standard InChI is InChI=1S/C9H4F3N3/c10-9(11,12)5-2-1-3-6-8(5)7(4-13)15-14-6/h1-3H,(H,14,15). The number of nitrogens with one attached hydrogen (secondary N) is 1. The van der Waals surface area contributed by atoms with Crippen LogP contribution in [0.5, 0.6) is 0 Å². The Morgan fingerprint density at radius 3 is 2.67 bits per heavy atom. The molecule has 2 rings (SSSR count). The second-order valence-electron chi connectivity index (χ2n) is 2.91. The van der Waals surface area contributed by atoms with Crippen LogP contribution in [0.1, 0.15) is 11.3 Å². The number of benzene rings is 1. The summed E-state index contributed by atoms with van der Waals surface area (Å²) in [6.45, 7) is 0. The maximum atomic E-state index is 12.6. The Morgan fingerprint density at radius 2 is 2.07 bits per heavy atom. The van der Waals surface area contributed by atoms with Crippen molar-refractivity contribution in [3.63, 3.8) is 0 Å². The molecule has 0 aliphatic heterocycles. The molecule has 0 unspecified atom stereocenters. The van der Waals surface area contributed by atoms with Gasteiger partial charge in [-0.05, 0) is 12.1 Å². The van der Waals surface area contributed by atoms with Crippen molar-refractivity contribution in [1.29, 1.82) is 5.26 Å². The predicted octanol–water partition coefficient (Wildman–Crippen LogP) is 2.45. The van der Waals surface area contributed by atoms with Gasteiger partial charge in [-0.2, -0.15) is 23.5 Å². The Hall–Kier alpha value is -2.03. The molecule has 0 fully saturated rings. The van der Waals surface area contributed by atoms with Gasteiger partial charge in [-0.1, -0.05) is 6.07 Å². The molecule has 76 valence electrons. The molecule has 0 bridgehead atoms. The summed E-state index contributed by atoms with van der Waals surface area (Å²) >= 11 is 0. The summed E-state index contributed by atoms with van der Waals surface area (Å²) in [5, 5.41) is 14.3. The lowest BCUT2D eigenvalue weighted by molar-refractivity contribution is -0.136. The molecule has 1 N–H and O–H groups in total. The van der Waals surface area contributed by atoms with Crippen LogP contribution in [0.25, 0.3) is 10.9 Å². The molecule has 0 aliphatic rings. The number of alkyl halides is 3. The molecule has 0 amide bonds. The van der Waals surface area contributed by atoms with Crippen molar-refractivity contribution >= 4 is 10.9 Å². The van der Waals surface area contributed by atoms with E-state index in [-0.39, 0.29) is 16.6 Å². The van der Waals surface area contributed by atoms with E-state index in [0.29, 0.717) is 0 Å². The molecule has 0 aliphatic carbocycles. The third-order valence-electron chi connectivity index (χ3n) is 2.00. The Bertz CT molecular complexity index is 548. The van der Waals surface area contributed by atoms with Crippen molar-refractivity contribution in [2.24, 2.45) is 0 Å². The highest BCUT2D eigenvalue weighted by atomic mass is 19.4. The second kappa shape index (κ2) is 2.98. The SMILES string of the molecule is N#Cc1n[nH]c2cccc(C(F)(F)F)c12. The molecule has 0 radical (unpaired) electrons. The Morgan fingerprint density at radius 1 is 1.33 bits per heavy atom. The van der Waals surface area contributed by atoms with Gasteiger partial charge in [0.25, 0.3) is 0 Å². The van der Waals surface area contributed by atoms with Crippen LogP contribution in [-0.2, 0) is 6.18 Å². The zero-order chi connectivity index (χ0) is 11.1. The highest BCUT2D eigenvalue weighted by molar-refractivity contribution is 5.87. The number of aromatic nitrogens is 2. The van der Waals surface area contributed by atoms with Crippen LogP contribution in [0.4, 0.5) is 13.2 Å². The normalized spacial score (nSPS) is 11.6. The average Bonchev–Trinajstić information content (AvgIpc) is 2.58. The minimum Gasteiger partial charge on any atom is -0.276 e. The molecule has 1 heterocycles. The zero-order valence-electron chi connectivity index (χ0n) is 7.26. The van der Waals surface area contributed by atoms with Gasteiger partial charge in [0.1, 0.15) is 6.07 Å². The number of nitrogens with zero attached hydrogens (tertiary/aromatic N) is 2. The Labute approximate surface area is 82.1 Å². The predicted molar refractivity (Wildman–Crippen MR) is 45.8 cm³/mol. The first-order chi connectivity index (χ1) is 7.04. The third-order valence-corrected chi connectivity index (χ3v) is 2.00. The van der Waals surface area contributed by atoms with E-state index in [4.69, 9.17) is 5.26 Å². The molecule has 0 atom stereocenters. The van der Waals surface area contributed by atoms with Crippen LogP contribution in [0.2, 0.25) is 0 Å². The van der Waals surface area contributed by atoms with E-state index < -0.39 is 11.7 Å². The number of fused-ring (bicyclic) bond motifs is 1. The maximum Gasteiger partial charge on any atom is 0.417 e. The number of halogens is 3. The van der Waals surface area contributed by atoms with Crippen molar-refractivity contribution in [2.75, 3.05) is 0 Å². The van der Waals surface area contributed by atoms with Crippen LogP contribution < -0.4 is 0 Å². The van der Waals surface area contributed by atoms with E-state index in [0.717, 1.165) is 6.07 Å². The fourth-order valence-corrected chi connectivity index (χ4v) is 1.39. The van der Waals surface area contributed by atoms with E-state index in [1.165, 1.54) is 12.1 Å². The summed E-state index contributed by atoms with van der Waals surface area (Å²) in [7, 11) is 0. The highest BCUT2D eigenvalue weighted by Crippen LogP contribution is 2.35. The Kier molecular flexibility index (Phi) is 1.89. The zero-order valence-corrected chi connectivity index (χ0v) is 7.26. The number of H-pyrrole nitrogens is 1. The lowest BCUT2D eigenvalue weighted by atomic mass is 10.1. The van der Waals surface area contributed by atoms with Crippen molar-refractivity contribution in [2.45, 2.75) is 6.18 Å². The molecule has 0 spiro atoms. The third kappa shape index (κ3) is 1.42. The quantitative estimate of drug-likeness (QED) is 0.727. The first kappa shape index (κ1) is 9.52. The molecule has 2 aromatic rings. The molecule has 3 nitrogen and oxygen atoms in total. The molecular formula is C9H4F3N3. The van der Waals surface area contributed by atoms with Crippen LogP contribution in [0.15, 0.2) is 18.2 Å². The lowest BCUT2D eigenvalue weighted by Crippen LogP contribution is -2.05. The van der Waals surface area contributed by atoms with Gasteiger partial charge in [-0.3, -0.25) is 5.10 Å². The number of aromatic amines is 1. The number of nitriles is 1. The number of rotatable bonds is 0. The van der Waals surface area contributed by atoms with Crippen LogP contribution >= 0.6 is 0 Å². The van der Waals surface area contributed by atoms with Crippen LogP contribution in [0, 0.1) is 11.3 Å². The smallest absolute Gasteiger partial charge is 0.276 e. The highest BCUT2D eigenvalue weighted by Gasteiger charge is 2.34. The van der Waals surface area contributed by atoms with Gasteiger partial charge in [0.05, 0.1) is 16.5 Å². The van der Waals surface area contributed by atoms with Crippen molar-refractivity contribution in [1.82, 2.24) is 10.2 Å². The van der Waals surface area contributed by atoms with Gasteiger partial charge in [0.15, 0.2) is 5.69 Å². The lowest BCUT2D eigenvalue weighted by Gasteiger charge is -2.06. The summed E-state index contributed by atoms with van der Waals surface area (Å²) in [5.41, 5.74) is -0.871. The number of hydrogen-bond donors (Lipinski definition) is 1. The van der Waals surface area contributed by atoms with E-state index >= 15 is 0 Å². The largest absolute Gasteiger partial charge is 0.417 e. The average molecular weight is 211 g/mol. The minimum absolute atomic E-state index is 0.174. The van der Waals surface area contributed by atoms with Crippen LogP contribution in [0.3, 0.4) is 0 Å². The first-order valence-corrected chi connectivity index (χ1v) is 3.98. The van der Waals surface area contributed by atoms with Crippen molar-refractivity contribution in [3.8, 4) is 6.07 Å². The summed E-state index contributed by atoms with van der Waals surface area (Å²) in [5.74, 6) is 0. The molecule has 1 aromatic heterocycles. The molecule has 0 saturated carbocycles. The van der Waals surface area contributed by atoms with Crippen molar-refractivity contribution in [3.05, 3.63) is 29.5 Å². The maximum absolute atomic E-state index is 12.6. The summed E-state index contributed by atoms with van der Waals surface area (Å²) in [6, 6.07) is 5.26. The molecule has 15 heavy (non-hydrogen) atoms. The first-order valence-electron chi connectivity index (χ1n) is 3.98. The van der Waals surface area contributed by atoms with Gasteiger partial charge in [-0.15, -0.1) is 0 Å². The van der Waals surface area contributed by atoms with Gasteiger partial charge < -0.3 is 0 Å². The summed E-state index contributed by atoms with van der Waals surface area (Å²) < 4.78 is 37.7. The number of hydrogen-bond acceptors (Lipinski definition) is 2. The molecule has 6 heteroatoms. The molecule has 1 aromatic carbocycles. The van der Waals surface area contributed by atoms with E-state index in [9.17, 15) is 13.2 Å². The van der Waals surface area contributed by atoms with Crippen molar-refractivity contribution < 1.29 is 13.2 Å². The minimum atomic E-state index is -4.48. The summed E-state index contributed by atoms with van der Waals surface area (Å²) in [4.78, 5) is 0. The van der Waals surface area contributed by atoms with Crippen LogP contribution in [-0.4, -0.2) is 10.2 Å². The molecule has 0 saturated heterocycles. The fourth-order valence-electron chi connectivity index (χ4n) is 1.39. The van der Waals surface area contributed by atoms with Gasteiger partial charge in [-0.25, -0.2) is 0 Å². The van der Waals surface area contributed by atoms with E-state index in [2.05, 4.69) is 10.2 Å². The fraction of sp³-hybridized carbons (Fsp3) is 0.111. The van der Waals surface area contributed by atoms with E-state index in [1.54, 1.807) is 6.07 Å². The molecular weight excluding hydrogens is 207 g/mol. The van der Waals surface area contributed by atoms with Gasteiger partial charge >= 0.3 is 6.18 Å². The topological polar surface area (TPSA) is 52.5 Å². The Balaban J connectivity index is 2.86. The monoisotopic (exact) mass is 211 g/mol. The van der Waals surface area contributed by atoms with Gasteiger partial charge in [0.2, 0.25) is 0 Å². The van der Waals surface area contributed by atoms with Gasteiger partial charge in [0, 0.05) is 0 Å². The second-order valence-corrected chi connectivity index (χ2v) is 2.91. The van der Waals surface area contributed by atoms with E-state index in [1.807, 2.05) is 0 Å². The summed E-state index contributed by atoms with van der Waals surface area (Å²) in [6.07, 6.45) is -4.48.